The lowest BCUT2D eigenvalue weighted by molar-refractivity contribution is -0.114. The molecule has 1 amide bonds. The Labute approximate surface area is 177 Å². The molecule has 2 aromatic carbocycles. The minimum Gasteiger partial charge on any atom is -0.311 e. The number of nitrogens with one attached hydrogen (secondary N) is 3. The molecule has 0 aliphatic carbocycles. The highest BCUT2D eigenvalue weighted by Gasteiger charge is 2.21. The van der Waals surface area contributed by atoms with Gasteiger partial charge in [0.15, 0.2) is 5.65 Å². The summed E-state index contributed by atoms with van der Waals surface area (Å²) in [4.78, 5) is 15.1. The molecule has 0 radical (unpaired) electrons. The maximum absolute atomic E-state index is 14.5. The van der Waals surface area contributed by atoms with Crippen LogP contribution >= 0.6 is 0 Å². The van der Waals surface area contributed by atoms with E-state index in [1.165, 1.54) is 25.3 Å². The van der Waals surface area contributed by atoms with E-state index in [1.54, 1.807) is 24.3 Å². The van der Waals surface area contributed by atoms with E-state index in [4.69, 9.17) is 0 Å². The average Bonchev–Trinajstić information content (AvgIpc) is 3.09. The van der Waals surface area contributed by atoms with Gasteiger partial charge in [-0.1, -0.05) is 18.2 Å². The van der Waals surface area contributed by atoms with Gasteiger partial charge in [0.1, 0.15) is 16.5 Å². The van der Waals surface area contributed by atoms with Crippen molar-refractivity contribution in [1.29, 1.82) is 0 Å². The summed E-state index contributed by atoms with van der Waals surface area (Å²) in [6.45, 7) is 3.19. The average molecular weight is 439 g/mol. The van der Waals surface area contributed by atoms with Crippen LogP contribution in [0.15, 0.2) is 59.6 Å². The number of anilines is 2. The maximum Gasteiger partial charge on any atom is 0.264 e. The van der Waals surface area contributed by atoms with Gasteiger partial charge in [0.2, 0.25) is 5.91 Å². The van der Waals surface area contributed by atoms with E-state index in [9.17, 15) is 17.6 Å². The summed E-state index contributed by atoms with van der Waals surface area (Å²) in [7, 11) is -4.17. The highest BCUT2D eigenvalue weighted by atomic mass is 32.2. The Morgan fingerprint density at radius 2 is 1.90 bits per heavy atom. The smallest absolute Gasteiger partial charge is 0.264 e. The van der Waals surface area contributed by atoms with E-state index < -0.39 is 20.7 Å². The SMILES string of the molecule is CC(=O)Nc1[nH]nc2ncc(-c3ccc(F)c(S(=O)(=O)Nc4cccc(C)c4)c3)cc12. The van der Waals surface area contributed by atoms with Crippen molar-refractivity contribution < 1.29 is 17.6 Å². The lowest BCUT2D eigenvalue weighted by Crippen LogP contribution is -2.14. The summed E-state index contributed by atoms with van der Waals surface area (Å²) in [6.07, 6.45) is 1.50. The third-order valence-electron chi connectivity index (χ3n) is 4.53. The normalized spacial score (nSPS) is 11.5. The number of nitrogens with zero attached hydrogens (tertiary/aromatic N) is 2. The molecule has 31 heavy (non-hydrogen) atoms. The van der Waals surface area contributed by atoms with Gasteiger partial charge in [-0.3, -0.25) is 14.6 Å². The van der Waals surface area contributed by atoms with Gasteiger partial charge in [0, 0.05) is 24.4 Å². The molecule has 158 valence electrons. The van der Waals surface area contributed by atoms with Crippen molar-refractivity contribution in [3.8, 4) is 11.1 Å². The van der Waals surface area contributed by atoms with Gasteiger partial charge in [-0.15, -0.1) is 0 Å². The third-order valence-corrected chi connectivity index (χ3v) is 5.93. The van der Waals surface area contributed by atoms with Gasteiger partial charge in [0.25, 0.3) is 10.0 Å². The van der Waals surface area contributed by atoms with Crippen molar-refractivity contribution in [1.82, 2.24) is 15.2 Å². The molecule has 0 fully saturated rings. The highest BCUT2D eigenvalue weighted by molar-refractivity contribution is 7.92. The van der Waals surface area contributed by atoms with Gasteiger partial charge in [-0.2, -0.15) is 5.10 Å². The first-order chi connectivity index (χ1) is 14.7. The quantitative estimate of drug-likeness (QED) is 0.437. The molecule has 0 saturated carbocycles. The summed E-state index contributed by atoms with van der Waals surface area (Å²) < 4.78 is 42.6. The lowest BCUT2D eigenvalue weighted by atomic mass is 10.1. The molecule has 0 unspecified atom stereocenters. The van der Waals surface area contributed by atoms with E-state index >= 15 is 0 Å². The zero-order valence-electron chi connectivity index (χ0n) is 16.6. The standard InChI is InChI=1S/C21H18FN5O3S/c1-12-4-3-5-16(8-12)27-31(29,30)19-10-14(6-7-18(19)22)15-9-17-20(23-11-15)25-26-21(17)24-13(2)28/h3-11,27H,1-2H3,(H2,23,24,25,26,28). The number of amides is 1. The molecule has 0 saturated heterocycles. The van der Waals surface area contributed by atoms with Gasteiger partial charge in [-0.25, -0.2) is 17.8 Å². The molecule has 4 rings (SSSR count). The largest absolute Gasteiger partial charge is 0.311 e. The van der Waals surface area contributed by atoms with Crippen molar-refractivity contribution in [3.63, 3.8) is 0 Å². The number of rotatable bonds is 5. The molecule has 2 heterocycles. The Kier molecular flexibility index (Phi) is 5.15. The van der Waals surface area contributed by atoms with Crippen LogP contribution < -0.4 is 10.0 Å². The predicted molar refractivity (Wildman–Crippen MR) is 116 cm³/mol. The van der Waals surface area contributed by atoms with Crippen LogP contribution in [0.25, 0.3) is 22.2 Å². The molecule has 10 heteroatoms. The number of hydrogen-bond acceptors (Lipinski definition) is 5. The van der Waals surface area contributed by atoms with E-state index in [0.717, 1.165) is 11.6 Å². The van der Waals surface area contributed by atoms with Crippen LogP contribution in [0.3, 0.4) is 0 Å². The number of aromatic amines is 1. The first-order valence-electron chi connectivity index (χ1n) is 9.24. The Morgan fingerprint density at radius 1 is 1.10 bits per heavy atom. The second-order valence-electron chi connectivity index (χ2n) is 7.00. The number of fused-ring (bicyclic) bond motifs is 1. The van der Waals surface area contributed by atoms with Crippen molar-refractivity contribution in [2.24, 2.45) is 0 Å². The molecule has 0 atom stereocenters. The molecule has 0 aliphatic rings. The molecule has 0 spiro atoms. The van der Waals surface area contributed by atoms with Crippen molar-refractivity contribution in [2.75, 3.05) is 10.0 Å². The molecular weight excluding hydrogens is 421 g/mol. The Hall–Kier alpha value is -3.79. The molecule has 4 aromatic rings. The number of hydrogen-bond donors (Lipinski definition) is 3. The number of H-pyrrole nitrogens is 1. The van der Waals surface area contributed by atoms with Crippen LogP contribution in [0.4, 0.5) is 15.9 Å². The van der Waals surface area contributed by atoms with Crippen molar-refractivity contribution >= 4 is 38.5 Å². The number of carbonyl (C=O) groups excluding carboxylic acids is 1. The summed E-state index contributed by atoms with van der Waals surface area (Å²) in [5, 5.41) is 9.87. The highest BCUT2D eigenvalue weighted by Crippen LogP contribution is 2.29. The van der Waals surface area contributed by atoms with Crippen LogP contribution in [-0.2, 0) is 14.8 Å². The van der Waals surface area contributed by atoms with Crippen LogP contribution in [0.5, 0.6) is 0 Å². The number of aryl methyl sites for hydroxylation is 1. The number of pyridine rings is 1. The zero-order valence-corrected chi connectivity index (χ0v) is 17.4. The van der Waals surface area contributed by atoms with Gasteiger partial charge < -0.3 is 5.32 Å². The predicted octanol–water partition coefficient (Wildman–Crippen LogP) is 3.83. The fourth-order valence-corrected chi connectivity index (χ4v) is 4.29. The fraction of sp³-hybridized carbons (Fsp3) is 0.0952. The topological polar surface area (TPSA) is 117 Å². The second-order valence-corrected chi connectivity index (χ2v) is 8.65. The van der Waals surface area contributed by atoms with Crippen molar-refractivity contribution in [2.45, 2.75) is 18.7 Å². The maximum atomic E-state index is 14.5. The van der Waals surface area contributed by atoms with Gasteiger partial charge >= 0.3 is 0 Å². The molecule has 0 bridgehead atoms. The summed E-state index contributed by atoms with van der Waals surface area (Å²) in [6, 6.07) is 12.3. The van der Waals surface area contributed by atoms with E-state index in [0.29, 0.717) is 33.7 Å². The summed E-state index contributed by atoms with van der Waals surface area (Å²) >= 11 is 0. The number of sulfonamides is 1. The van der Waals surface area contributed by atoms with Crippen LogP contribution in [0, 0.1) is 12.7 Å². The minimum atomic E-state index is -4.17. The fourth-order valence-electron chi connectivity index (χ4n) is 3.14. The van der Waals surface area contributed by atoms with Gasteiger partial charge in [0.05, 0.1) is 5.39 Å². The lowest BCUT2D eigenvalue weighted by Gasteiger charge is -2.11. The minimum absolute atomic E-state index is 0.284. The van der Waals surface area contributed by atoms with Gasteiger partial charge in [-0.05, 0) is 48.4 Å². The van der Waals surface area contributed by atoms with Crippen molar-refractivity contribution in [3.05, 3.63) is 66.1 Å². The van der Waals surface area contributed by atoms with E-state index in [1.807, 2.05) is 13.0 Å². The Morgan fingerprint density at radius 3 is 2.65 bits per heavy atom. The number of halogens is 1. The third kappa shape index (κ3) is 4.24. The monoisotopic (exact) mass is 439 g/mol. The first-order valence-corrected chi connectivity index (χ1v) is 10.7. The van der Waals surface area contributed by atoms with Crippen LogP contribution in [0.1, 0.15) is 12.5 Å². The zero-order chi connectivity index (χ0) is 22.2. The molecule has 3 N–H and O–H groups in total. The summed E-state index contributed by atoms with van der Waals surface area (Å²) in [5.74, 6) is -0.790. The molecule has 2 aromatic heterocycles. The van der Waals surface area contributed by atoms with Crippen LogP contribution in [0.2, 0.25) is 0 Å². The first kappa shape index (κ1) is 20.5. The van der Waals surface area contributed by atoms with E-state index in [2.05, 4.69) is 25.2 Å². The number of aromatic nitrogens is 3. The Bertz CT molecular complexity index is 1420. The number of carbonyl (C=O) groups is 1. The van der Waals surface area contributed by atoms with Crippen LogP contribution in [-0.4, -0.2) is 29.5 Å². The molecule has 8 nitrogen and oxygen atoms in total. The number of benzene rings is 2. The van der Waals surface area contributed by atoms with E-state index in [-0.39, 0.29) is 5.91 Å². The summed E-state index contributed by atoms with van der Waals surface area (Å²) in [5.41, 5.74) is 2.56. The molecule has 0 aliphatic heterocycles. The molecular formula is C21H18FN5O3S. The second kappa shape index (κ2) is 7.80. The Balaban J connectivity index is 1.74.